The molecule has 1 amide bonds. The summed E-state index contributed by atoms with van der Waals surface area (Å²) in [7, 11) is 0. The van der Waals surface area contributed by atoms with E-state index in [4.69, 9.17) is 4.42 Å². The Hall–Kier alpha value is -2.69. The average molecular weight is 296 g/mol. The van der Waals surface area contributed by atoms with Gasteiger partial charge in [0.15, 0.2) is 5.58 Å². The Morgan fingerprint density at radius 2 is 2.05 bits per heavy atom. The number of halogens is 1. The van der Waals surface area contributed by atoms with E-state index in [9.17, 15) is 9.18 Å². The SMILES string of the molecule is O=C1C[C@H](c2nc3ccccc3o2)CN1c1cccc(F)c1. The van der Waals surface area contributed by atoms with Crippen molar-refractivity contribution in [3.63, 3.8) is 0 Å². The summed E-state index contributed by atoms with van der Waals surface area (Å²) in [5.41, 5.74) is 2.08. The molecule has 2 heterocycles. The number of carbonyl (C=O) groups excluding carboxylic acids is 1. The molecule has 1 aliphatic rings. The monoisotopic (exact) mass is 296 g/mol. The van der Waals surface area contributed by atoms with Gasteiger partial charge in [-0.1, -0.05) is 18.2 Å². The third-order valence-corrected chi connectivity index (χ3v) is 3.90. The van der Waals surface area contributed by atoms with E-state index in [0.29, 0.717) is 30.1 Å². The maximum absolute atomic E-state index is 13.3. The molecule has 0 bridgehead atoms. The summed E-state index contributed by atoms with van der Waals surface area (Å²) in [6, 6.07) is 13.6. The maximum atomic E-state index is 13.3. The zero-order chi connectivity index (χ0) is 15.1. The molecule has 5 heteroatoms. The Bertz CT molecular complexity index is 825. The molecule has 1 atom stereocenters. The molecule has 0 radical (unpaired) electrons. The predicted molar refractivity (Wildman–Crippen MR) is 80.1 cm³/mol. The molecule has 110 valence electrons. The minimum absolute atomic E-state index is 0.0437. The first-order chi connectivity index (χ1) is 10.7. The molecule has 0 unspecified atom stereocenters. The largest absolute Gasteiger partial charge is 0.440 e. The smallest absolute Gasteiger partial charge is 0.227 e. The van der Waals surface area contributed by atoms with Crippen LogP contribution in [0.3, 0.4) is 0 Å². The highest BCUT2D eigenvalue weighted by Gasteiger charge is 2.34. The van der Waals surface area contributed by atoms with Crippen LogP contribution in [-0.2, 0) is 4.79 Å². The Morgan fingerprint density at radius 1 is 1.18 bits per heavy atom. The molecule has 0 spiro atoms. The number of nitrogens with zero attached hydrogens (tertiary/aromatic N) is 2. The van der Waals surface area contributed by atoms with E-state index in [-0.39, 0.29) is 17.6 Å². The van der Waals surface area contributed by atoms with Gasteiger partial charge in [-0.25, -0.2) is 9.37 Å². The van der Waals surface area contributed by atoms with Gasteiger partial charge in [-0.2, -0.15) is 0 Å². The minimum Gasteiger partial charge on any atom is -0.440 e. The predicted octanol–water partition coefficient (Wildman–Crippen LogP) is 3.49. The van der Waals surface area contributed by atoms with Crippen LogP contribution in [0, 0.1) is 5.82 Å². The summed E-state index contributed by atoms with van der Waals surface area (Å²) in [5.74, 6) is 0.0603. The second-order valence-electron chi connectivity index (χ2n) is 5.41. The Balaban J connectivity index is 1.64. The third-order valence-electron chi connectivity index (χ3n) is 3.90. The molecule has 1 aromatic heterocycles. The van der Waals surface area contributed by atoms with Gasteiger partial charge in [0.1, 0.15) is 11.3 Å². The van der Waals surface area contributed by atoms with Crippen LogP contribution in [0.25, 0.3) is 11.1 Å². The molecular formula is C17H13FN2O2. The number of hydrogen-bond acceptors (Lipinski definition) is 3. The van der Waals surface area contributed by atoms with Crippen LogP contribution in [-0.4, -0.2) is 17.4 Å². The molecule has 1 saturated heterocycles. The molecule has 0 N–H and O–H groups in total. The summed E-state index contributed by atoms with van der Waals surface area (Å²) < 4.78 is 19.1. The second kappa shape index (κ2) is 4.94. The van der Waals surface area contributed by atoms with Crippen LogP contribution in [0.2, 0.25) is 0 Å². The molecule has 0 saturated carbocycles. The Kier molecular flexibility index (Phi) is 2.92. The second-order valence-corrected chi connectivity index (χ2v) is 5.41. The number of anilines is 1. The van der Waals surface area contributed by atoms with Crippen LogP contribution in [0.1, 0.15) is 18.2 Å². The van der Waals surface area contributed by atoms with Crippen LogP contribution in [0.4, 0.5) is 10.1 Å². The summed E-state index contributed by atoms with van der Waals surface area (Å²) in [5, 5.41) is 0. The number of benzene rings is 2. The lowest BCUT2D eigenvalue weighted by Crippen LogP contribution is -2.24. The van der Waals surface area contributed by atoms with Gasteiger partial charge in [-0.05, 0) is 30.3 Å². The lowest BCUT2D eigenvalue weighted by atomic mass is 10.1. The molecule has 3 aromatic rings. The number of amides is 1. The lowest BCUT2D eigenvalue weighted by Gasteiger charge is -2.16. The van der Waals surface area contributed by atoms with Gasteiger partial charge in [-0.3, -0.25) is 4.79 Å². The van der Waals surface area contributed by atoms with Crippen LogP contribution < -0.4 is 4.90 Å². The van der Waals surface area contributed by atoms with Gasteiger partial charge in [0.25, 0.3) is 0 Å². The van der Waals surface area contributed by atoms with E-state index in [2.05, 4.69) is 4.98 Å². The third kappa shape index (κ3) is 2.15. The van der Waals surface area contributed by atoms with Gasteiger partial charge in [0.05, 0.1) is 5.92 Å². The summed E-state index contributed by atoms with van der Waals surface area (Å²) in [6.07, 6.45) is 0.323. The number of fused-ring (bicyclic) bond motifs is 1. The number of para-hydroxylation sites is 2. The van der Waals surface area contributed by atoms with Crippen LogP contribution in [0.5, 0.6) is 0 Å². The zero-order valence-corrected chi connectivity index (χ0v) is 11.7. The van der Waals surface area contributed by atoms with Gasteiger partial charge in [0, 0.05) is 18.7 Å². The first-order valence-electron chi connectivity index (χ1n) is 7.12. The summed E-state index contributed by atoms with van der Waals surface area (Å²) in [6.45, 7) is 0.453. The Morgan fingerprint density at radius 3 is 2.86 bits per heavy atom. The van der Waals surface area contributed by atoms with E-state index in [1.807, 2.05) is 24.3 Å². The number of carbonyl (C=O) groups is 1. The van der Waals surface area contributed by atoms with E-state index < -0.39 is 0 Å². The highest BCUT2D eigenvalue weighted by Crippen LogP contribution is 2.33. The molecule has 22 heavy (non-hydrogen) atoms. The van der Waals surface area contributed by atoms with Crippen molar-refractivity contribution >= 4 is 22.7 Å². The van der Waals surface area contributed by atoms with Crippen molar-refractivity contribution in [2.45, 2.75) is 12.3 Å². The van der Waals surface area contributed by atoms with Gasteiger partial charge in [0.2, 0.25) is 11.8 Å². The van der Waals surface area contributed by atoms with Crippen molar-refractivity contribution in [3.8, 4) is 0 Å². The first-order valence-corrected chi connectivity index (χ1v) is 7.12. The fourth-order valence-electron chi connectivity index (χ4n) is 2.83. The van der Waals surface area contributed by atoms with E-state index >= 15 is 0 Å². The van der Waals surface area contributed by atoms with E-state index in [1.165, 1.54) is 12.1 Å². The maximum Gasteiger partial charge on any atom is 0.227 e. The number of oxazole rings is 1. The zero-order valence-electron chi connectivity index (χ0n) is 11.7. The Labute approximate surface area is 126 Å². The highest BCUT2D eigenvalue weighted by molar-refractivity contribution is 5.96. The summed E-state index contributed by atoms with van der Waals surface area (Å²) >= 11 is 0. The average Bonchev–Trinajstić information content (AvgIpc) is 3.10. The van der Waals surface area contributed by atoms with Crippen molar-refractivity contribution in [2.75, 3.05) is 11.4 Å². The van der Waals surface area contributed by atoms with Crippen molar-refractivity contribution < 1.29 is 13.6 Å². The number of rotatable bonds is 2. The molecular weight excluding hydrogens is 283 g/mol. The molecule has 0 aliphatic carbocycles. The van der Waals surface area contributed by atoms with Crippen LogP contribution >= 0.6 is 0 Å². The van der Waals surface area contributed by atoms with E-state index in [0.717, 1.165) is 5.52 Å². The van der Waals surface area contributed by atoms with Crippen molar-refractivity contribution in [1.29, 1.82) is 0 Å². The first kappa shape index (κ1) is 13.0. The number of aromatic nitrogens is 1. The van der Waals surface area contributed by atoms with E-state index in [1.54, 1.807) is 17.0 Å². The van der Waals surface area contributed by atoms with Crippen molar-refractivity contribution in [2.24, 2.45) is 0 Å². The fraction of sp³-hybridized carbons (Fsp3) is 0.176. The molecule has 4 rings (SSSR count). The lowest BCUT2D eigenvalue weighted by molar-refractivity contribution is -0.117. The fourth-order valence-corrected chi connectivity index (χ4v) is 2.83. The van der Waals surface area contributed by atoms with Gasteiger partial charge in [-0.15, -0.1) is 0 Å². The van der Waals surface area contributed by atoms with Gasteiger partial charge >= 0.3 is 0 Å². The molecule has 2 aromatic carbocycles. The molecule has 1 fully saturated rings. The topological polar surface area (TPSA) is 46.3 Å². The standard InChI is InChI=1S/C17H13FN2O2/c18-12-4-3-5-13(9-12)20-10-11(8-16(20)21)17-19-14-6-1-2-7-15(14)22-17/h1-7,9,11H,8,10H2/t11-/m0/s1. The van der Waals surface area contributed by atoms with Gasteiger partial charge < -0.3 is 9.32 Å². The minimum atomic E-state index is -0.351. The highest BCUT2D eigenvalue weighted by atomic mass is 19.1. The summed E-state index contributed by atoms with van der Waals surface area (Å²) in [4.78, 5) is 18.3. The molecule has 1 aliphatic heterocycles. The van der Waals surface area contributed by atoms with Crippen molar-refractivity contribution in [1.82, 2.24) is 4.98 Å². The van der Waals surface area contributed by atoms with Crippen molar-refractivity contribution in [3.05, 3.63) is 60.2 Å². The molecule has 4 nitrogen and oxygen atoms in total. The number of hydrogen-bond donors (Lipinski definition) is 0. The normalized spacial score (nSPS) is 18.3. The quantitative estimate of drug-likeness (QED) is 0.727. The van der Waals surface area contributed by atoms with Crippen LogP contribution in [0.15, 0.2) is 52.9 Å².